The Labute approximate surface area is 153 Å². The predicted octanol–water partition coefficient (Wildman–Crippen LogP) is 3.97. The fraction of sp³-hybridized carbons (Fsp3) is 0.238. The number of hydrogen-bond acceptors (Lipinski definition) is 5. The molecule has 2 aromatic rings. The molecule has 0 N–H and O–H groups in total. The van der Waals surface area contributed by atoms with E-state index in [4.69, 9.17) is 14.7 Å². The highest BCUT2D eigenvalue weighted by atomic mass is 16.5. The van der Waals surface area contributed by atoms with E-state index in [1.165, 1.54) is 13.2 Å². The normalized spacial score (nSPS) is 10.8. The van der Waals surface area contributed by atoms with Gasteiger partial charge in [0.2, 0.25) is 0 Å². The molecule has 0 amide bonds. The molecule has 134 valence electrons. The Morgan fingerprint density at radius 2 is 1.73 bits per heavy atom. The van der Waals surface area contributed by atoms with Gasteiger partial charge in [-0.25, -0.2) is 4.79 Å². The summed E-state index contributed by atoms with van der Waals surface area (Å²) >= 11 is 0. The second-order valence-electron chi connectivity index (χ2n) is 5.76. The van der Waals surface area contributed by atoms with Crippen molar-refractivity contribution in [2.75, 3.05) is 14.2 Å². The van der Waals surface area contributed by atoms with Gasteiger partial charge in [0.15, 0.2) is 0 Å². The Kier molecular flexibility index (Phi) is 6.40. The quantitative estimate of drug-likeness (QED) is 0.447. The topological polar surface area (TPSA) is 68.6 Å². The Balaban J connectivity index is 2.25. The molecule has 0 aliphatic carbocycles. The molecule has 0 fully saturated rings. The van der Waals surface area contributed by atoms with Crippen LogP contribution >= 0.6 is 0 Å². The van der Waals surface area contributed by atoms with Gasteiger partial charge in [-0.2, -0.15) is 5.26 Å². The van der Waals surface area contributed by atoms with E-state index in [0.29, 0.717) is 6.61 Å². The molecule has 0 unspecified atom stereocenters. The summed E-state index contributed by atoms with van der Waals surface area (Å²) in [5, 5.41) is 9.14. The number of aryl methyl sites for hydroxylation is 2. The molecule has 0 heterocycles. The Bertz CT molecular complexity index is 861. The Morgan fingerprint density at radius 3 is 2.31 bits per heavy atom. The molecule has 0 saturated carbocycles. The van der Waals surface area contributed by atoms with Crippen LogP contribution in [0.2, 0.25) is 0 Å². The summed E-state index contributed by atoms with van der Waals surface area (Å²) in [6.07, 6.45) is 1.54. The lowest BCUT2D eigenvalue weighted by Gasteiger charge is -2.12. The lowest BCUT2D eigenvalue weighted by atomic mass is 9.98. The third kappa shape index (κ3) is 4.64. The molecule has 2 aromatic carbocycles. The molecular weight excluding hydrogens is 330 g/mol. The second kappa shape index (κ2) is 8.72. The molecule has 0 spiro atoms. The third-order valence-electron chi connectivity index (χ3n) is 4.00. The van der Waals surface area contributed by atoms with Crippen molar-refractivity contribution in [3.63, 3.8) is 0 Å². The largest absolute Gasteiger partial charge is 0.497 e. The van der Waals surface area contributed by atoms with Gasteiger partial charge in [0.25, 0.3) is 0 Å². The summed E-state index contributed by atoms with van der Waals surface area (Å²) in [5.41, 5.74) is 3.75. The summed E-state index contributed by atoms with van der Waals surface area (Å²) in [6, 6.07) is 13.2. The lowest BCUT2D eigenvalue weighted by molar-refractivity contribution is -0.135. The minimum Gasteiger partial charge on any atom is -0.497 e. The zero-order valence-corrected chi connectivity index (χ0v) is 15.3. The number of ether oxygens (including phenoxy) is 3. The Hall–Kier alpha value is -3.26. The standard InChI is InChI=1S/C21H21NO4/c1-14-9-15(2)18(11-16(14)10-17(12-22)21(23)25-4)13-26-20-7-5-19(24-3)6-8-20/h5-11H,13H2,1-4H3. The highest BCUT2D eigenvalue weighted by Crippen LogP contribution is 2.22. The van der Waals surface area contributed by atoms with Crippen molar-refractivity contribution in [3.8, 4) is 17.6 Å². The van der Waals surface area contributed by atoms with Gasteiger partial charge in [0.05, 0.1) is 14.2 Å². The summed E-state index contributed by atoms with van der Waals surface area (Å²) in [7, 11) is 2.87. The number of benzene rings is 2. The fourth-order valence-corrected chi connectivity index (χ4v) is 2.46. The van der Waals surface area contributed by atoms with Gasteiger partial charge in [0.1, 0.15) is 29.7 Å². The summed E-state index contributed by atoms with van der Waals surface area (Å²) < 4.78 is 15.6. The van der Waals surface area contributed by atoms with Crippen LogP contribution in [0, 0.1) is 25.2 Å². The zero-order valence-electron chi connectivity index (χ0n) is 15.3. The molecule has 0 aliphatic rings. The Morgan fingerprint density at radius 1 is 1.08 bits per heavy atom. The van der Waals surface area contributed by atoms with E-state index in [1.807, 2.05) is 56.3 Å². The molecule has 5 heteroatoms. The third-order valence-corrected chi connectivity index (χ3v) is 4.00. The van der Waals surface area contributed by atoms with Crippen LogP contribution in [-0.4, -0.2) is 20.2 Å². The summed E-state index contributed by atoms with van der Waals surface area (Å²) in [5.74, 6) is 0.849. The van der Waals surface area contributed by atoms with Crippen LogP contribution in [0.3, 0.4) is 0 Å². The van der Waals surface area contributed by atoms with Gasteiger partial charge >= 0.3 is 5.97 Å². The number of esters is 1. The second-order valence-corrected chi connectivity index (χ2v) is 5.76. The summed E-state index contributed by atoms with van der Waals surface area (Å²) in [4.78, 5) is 11.6. The fourth-order valence-electron chi connectivity index (χ4n) is 2.46. The van der Waals surface area contributed by atoms with Crippen LogP contribution in [0.15, 0.2) is 42.0 Å². The van der Waals surface area contributed by atoms with E-state index < -0.39 is 5.97 Å². The van der Waals surface area contributed by atoms with Crippen LogP contribution < -0.4 is 9.47 Å². The minimum atomic E-state index is -0.650. The average molecular weight is 351 g/mol. The van der Waals surface area contributed by atoms with E-state index in [2.05, 4.69) is 4.74 Å². The first kappa shape index (κ1) is 19.1. The highest BCUT2D eigenvalue weighted by Gasteiger charge is 2.11. The first-order valence-electron chi connectivity index (χ1n) is 8.05. The number of nitrogens with zero attached hydrogens (tertiary/aromatic N) is 1. The number of hydrogen-bond donors (Lipinski definition) is 0. The van der Waals surface area contributed by atoms with Gasteiger partial charge in [-0.05, 0) is 72.5 Å². The molecule has 0 aliphatic heterocycles. The van der Waals surface area contributed by atoms with Crippen molar-refractivity contribution >= 4 is 12.0 Å². The number of nitriles is 1. The number of rotatable bonds is 6. The first-order valence-corrected chi connectivity index (χ1v) is 8.05. The van der Waals surface area contributed by atoms with Crippen molar-refractivity contribution < 1.29 is 19.0 Å². The van der Waals surface area contributed by atoms with Crippen molar-refractivity contribution in [1.29, 1.82) is 5.26 Å². The zero-order chi connectivity index (χ0) is 19.1. The van der Waals surface area contributed by atoms with E-state index in [-0.39, 0.29) is 5.57 Å². The van der Waals surface area contributed by atoms with Gasteiger partial charge in [0, 0.05) is 0 Å². The van der Waals surface area contributed by atoms with Crippen LogP contribution in [0.4, 0.5) is 0 Å². The maximum atomic E-state index is 11.6. The van der Waals surface area contributed by atoms with Crippen molar-refractivity contribution in [2.45, 2.75) is 20.5 Å². The van der Waals surface area contributed by atoms with Gasteiger partial charge in [-0.3, -0.25) is 0 Å². The average Bonchev–Trinajstić information content (AvgIpc) is 2.66. The maximum absolute atomic E-state index is 11.6. The summed E-state index contributed by atoms with van der Waals surface area (Å²) in [6.45, 7) is 4.30. The molecule has 5 nitrogen and oxygen atoms in total. The van der Waals surface area contributed by atoms with Crippen molar-refractivity contribution in [3.05, 3.63) is 64.2 Å². The van der Waals surface area contributed by atoms with E-state index in [9.17, 15) is 4.79 Å². The molecule has 0 atom stereocenters. The van der Waals surface area contributed by atoms with Gasteiger partial charge < -0.3 is 14.2 Å². The van der Waals surface area contributed by atoms with E-state index in [1.54, 1.807) is 7.11 Å². The van der Waals surface area contributed by atoms with Crippen molar-refractivity contribution in [2.24, 2.45) is 0 Å². The SMILES string of the molecule is COC(=O)C(C#N)=Cc1cc(COc2ccc(OC)cc2)c(C)cc1C. The van der Waals surface area contributed by atoms with Gasteiger partial charge in [-0.15, -0.1) is 0 Å². The molecule has 0 radical (unpaired) electrons. The highest BCUT2D eigenvalue weighted by molar-refractivity contribution is 5.98. The predicted molar refractivity (Wildman–Crippen MR) is 98.8 cm³/mol. The van der Waals surface area contributed by atoms with Crippen molar-refractivity contribution in [1.82, 2.24) is 0 Å². The molecule has 0 aromatic heterocycles. The maximum Gasteiger partial charge on any atom is 0.348 e. The first-order chi connectivity index (χ1) is 12.5. The molecule has 2 rings (SSSR count). The van der Waals surface area contributed by atoms with Gasteiger partial charge in [-0.1, -0.05) is 6.07 Å². The van der Waals surface area contributed by atoms with Crippen LogP contribution in [-0.2, 0) is 16.1 Å². The number of carbonyl (C=O) groups is 1. The van der Waals surface area contributed by atoms with Crippen LogP contribution in [0.1, 0.15) is 22.3 Å². The lowest BCUT2D eigenvalue weighted by Crippen LogP contribution is -2.04. The molecule has 0 bridgehead atoms. The number of methoxy groups -OCH3 is 2. The molecular formula is C21H21NO4. The molecule has 26 heavy (non-hydrogen) atoms. The van der Waals surface area contributed by atoms with E-state index >= 15 is 0 Å². The van der Waals surface area contributed by atoms with Crippen LogP contribution in [0.5, 0.6) is 11.5 Å². The molecule has 0 saturated heterocycles. The van der Waals surface area contributed by atoms with Crippen LogP contribution in [0.25, 0.3) is 6.08 Å². The number of carbonyl (C=O) groups excluding carboxylic acids is 1. The van der Waals surface area contributed by atoms with E-state index in [0.717, 1.165) is 33.8 Å². The smallest absolute Gasteiger partial charge is 0.348 e. The minimum absolute atomic E-state index is 0.0403. The monoisotopic (exact) mass is 351 g/mol.